The van der Waals surface area contributed by atoms with Crippen molar-refractivity contribution < 1.29 is 23.7 Å². The third-order valence-corrected chi connectivity index (χ3v) is 5.42. The van der Waals surface area contributed by atoms with Crippen LogP contribution in [0.15, 0.2) is 77.5 Å². The van der Waals surface area contributed by atoms with Crippen molar-refractivity contribution in [1.29, 1.82) is 5.41 Å². The van der Waals surface area contributed by atoms with E-state index in [1.54, 1.807) is 63.9 Å². The van der Waals surface area contributed by atoms with Crippen molar-refractivity contribution in [2.24, 2.45) is 4.99 Å². The number of methoxy groups -OCH3 is 2. The van der Waals surface area contributed by atoms with Crippen LogP contribution in [-0.2, 0) is 9.53 Å². The Balaban J connectivity index is 1.47. The van der Waals surface area contributed by atoms with Crippen LogP contribution in [0.1, 0.15) is 13.3 Å². The fourth-order valence-corrected chi connectivity index (χ4v) is 3.52. The molecule has 1 aromatic carbocycles. The molecule has 1 amide bonds. The van der Waals surface area contributed by atoms with Gasteiger partial charge in [0.25, 0.3) is 5.91 Å². The summed E-state index contributed by atoms with van der Waals surface area (Å²) in [7, 11) is 3.12. The number of amides is 1. The van der Waals surface area contributed by atoms with Crippen LogP contribution in [0.4, 0.5) is 11.6 Å². The summed E-state index contributed by atoms with van der Waals surface area (Å²) in [5.74, 6) is 1.99. The van der Waals surface area contributed by atoms with Gasteiger partial charge in [0, 0.05) is 36.5 Å². The van der Waals surface area contributed by atoms with Crippen LogP contribution in [-0.4, -0.2) is 53.6 Å². The zero-order valence-corrected chi connectivity index (χ0v) is 22.1. The molecule has 0 aliphatic carbocycles. The number of aromatic nitrogens is 3. The Bertz CT molecular complexity index is 1530. The number of anilines is 2. The lowest BCUT2D eigenvalue weighted by Crippen LogP contribution is -2.31. The SMILES string of the molecule is CCO/C(=C/Nc1ncc(N)cn1)C(=N)C(=O)NC1=CC=C(Oc2ccnc3cc(OC)c(OC)cc23)CC=N1. The van der Waals surface area contributed by atoms with Gasteiger partial charge in [0.05, 0.1) is 44.4 Å². The molecule has 206 valence electrons. The number of fused-ring (bicyclic) bond motifs is 1. The van der Waals surface area contributed by atoms with E-state index in [-0.39, 0.29) is 24.1 Å². The highest BCUT2D eigenvalue weighted by molar-refractivity contribution is 6.43. The molecular formula is C27H28N8O5. The van der Waals surface area contributed by atoms with E-state index in [4.69, 9.17) is 30.1 Å². The molecule has 0 atom stereocenters. The minimum Gasteiger partial charge on any atom is -0.493 e. The van der Waals surface area contributed by atoms with Crippen LogP contribution in [0, 0.1) is 5.41 Å². The average molecular weight is 545 g/mol. The van der Waals surface area contributed by atoms with E-state index in [1.807, 2.05) is 0 Å². The van der Waals surface area contributed by atoms with Crippen molar-refractivity contribution in [3.05, 3.63) is 72.5 Å². The van der Waals surface area contributed by atoms with Crippen LogP contribution >= 0.6 is 0 Å². The first-order chi connectivity index (χ1) is 19.4. The zero-order chi connectivity index (χ0) is 28.5. The minimum absolute atomic E-state index is 0.00480. The molecule has 0 saturated heterocycles. The van der Waals surface area contributed by atoms with Crippen molar-refractivity contribution in [3.63, 3.8) is 0 Å². The molecule has 1 aliphatic heterocycles. The van der Waals surface area contributed by atoms with Crippen LogP contribution in [0.25, 0.3) is 10.9 Å². The predicted molar refractivity (Wildman–Crippen MR) is 150 cm³/mol. The highest BCUT2D eigenvalue weighted by Crippen LogP contribution is 2.36. The normalized spacial score (nSPS) is 13.0. The Morgan fingerprint density at radius 2 is 1.85 bits per heavy atom. The lowest BCUT2D eigenvalue weighted by atomic mass is 10.2. The number of nitrogens with zero attached hydrogens (tertiary/aromatic N) is 4. The molecule has 0 fully saturated rings. The van der Waals surface area contributed by atoms with E-state index in [0.29, 0.717) is 40.6 Å². The van der Waals surface area contributed by atoms with E-state index in [0.717, 1.165) is 5.39 Å². The molecular weight excluding hydrogens is 516 g/mol. The summed E-state index contributed by atoms with van der Waals surface area (Å²) in [6, 6.07) is 5.32. The molecule has 0 bridgehead atoms. The number of nitrogen functional groups attached to an aromatic ring is 1. The molecule has 13 heteroatoms. The molecule has 13 nitrogen and oxygen atoms in total. The van der Waals surface area contributed by atoms with Crippen molar-refractivity contribution in [2.75, 3.05) is 31.9 Å². The van der Waals surface area contributed by atoms with Crippen molar-refractivity contribution in [3.8, 4) is 17.2 Å². The molecule has 1 aliphatic rings. The lowest BCUT2D eigenvalue weighted by Gasteiger charge is -2.13. The number of carbonyl (C=O) groups excluding carboxylic acids is 1. The molecule has 40 heavy (non-hydrogen) atoms. The minimum atomic E-state index is -0.720. The van der Waals surface area contributed by atoms with Gasteiger partial charge in [-0.05, 0) is 31.2 Å². The Labute approximate surface area is 229 Å². The first-order valence-electron chi connectivity index (χ1n) is 12.1. The summed E-state index contributed by atoms with van der Waals surface area (Å²) in [5, 5.41) is 14.4. The molecule has 3 heterocycles. The van der Waals surface area contributed by atoms with Gasteiger partial charge in [-0.3, -0.25) is 15.2 Å². The Hall–Kier alpha value is -5.46. The third kappa shape index (κ3) is 6.69. The second kappa shape index (κ2) is 12.9. The predicted octanol–water partition coefficient (Wildman–Crippen LogP) is 3.33. The number of nitrogens with two attached hydrogens (primary N) is 1. The van der Waals surface area contributed by atoms with Crippen molar-refractivity contribution >= 4 is 40.4 Å². The number of aliphatic imine (C=N–C) groups is 1. The summed E-state index contributed by atoms with van der Waals surface area (Å²) in [6.45, 7) is 1.97. The first-order valence-corrected chi connectivity index (χ1v) is 12.1. The first kappa shape index (κ1) is 27.6. The zero-order valence-electron chi connectivity index (χ0n) is 22.1. The molecule has 0 radical (unpaired) electrons. The summed E-state index contributed by atoms with van der Waals surface area (Å²) >= 11 is 0. The summed E-state index contributed by atoms with van der Waals surface area (Å²) in [6.07, 6.45) is 11.1. The number of allylic oxidation sites excluding steroid dienone is 3. The van der Waals surface area contributed by atoms with Gasteiger partial charge in [-0.25, -0.2) is 15.0 Å². The number of benzene rings is 1. The van der Waals surface area contributed by atoms with Gasteiger partial charge in [0.15, 0.2) is 23.0 Å². The number of carbonyl (C=O) groups is 1. The average Bonchev–Trinajstić information content (AvgIpc) is 3.19. The summed E-state index contributed by atoms with van der Waals surface area (Å²) in [5.41, 5.74) is 6.25. The topological polar surface area (TPSA) is 179 Å². The van der Waals surface area contributed by atoms with Crippen molar-refractivity contribution in [1.82, 2.24) is 20.3 Å². The van der Waals surface area contributed by atoms with Gasteiger partial charge < -0.3 is 35.3 Å². The Kier molecular flexibility index (Phi) is 8.87. The van der Waals surface area contributed by atoms with Crippen molar-refractivity contribution in [2.45, 2.75) is 13.3 Å². The van der Waals surface area contributed by atoms with Crippen LogP contribution in [0.5, 0.6) is 17.2 Å². The van der Waals surface area contributed by atoms with Gasteiger partial charge in [0.2, 0.25) is 5.95 Å². The maximum Gasteiger partial charge on any atom is 0.278 e. The number of pyridine rings is 1. The lowest BCUT2D eigenvalue weighted by molar-refractivity contribution is -0.114. The van der Waals surface area contributed by atoms with Gasteiger partial charge in [0.1, 0.15) is 17.3 Å². The molecule has 5 N–H and O–H groups in total. The van der Waals surface area contributed by atoms with E-state index in [2.05, 4.69) is 30.6 Å². The summed E-state index contributed by atoms with van der Waals surface area (Å²) < 4.78 is 22.4. The van der Waals surface area contributed by atoms with E-state index in [9.17, 15) is 4.79 Å². The van der Waals surface area contributed by atoms with Crippen LogP contribution in [0.3, 0.4) is 0 Å². The summed E-state index contributed by atoms with van der Waals surface area (Å²) in [4.78, 5) is 29.5. The van der Waals surface area contributed by atoms with Gasteiger partial charge in [-0.1, -0.05) is 0 Å². The smallest absolute Gasteiger partial charge is 0.278 e. The highest BCUT2D eigenvalue weighted by Gasteiger charge is 2.18. The number of hydrogen-bond acceptors (Lipinski definition) is 12. The van der Waals surface area contributed by atoms with E-state index < -0.39 is 11.6 Å². The molecule has 0 spiro atoms. The molecule has 3 aromatic rings. The quantitative estimate of drug-likeness (QED) is 0.207. The maximum absolute atomic E-state index is 12.8. The number of hydrogen-bond donors (Lipinski definition) is 4. The van der Waals surface area contributed by atoms with E-state index >= 15 is 0 Å². The fourth-order valence-electron chi connectivity index (χ4n) is 3.52. The standard InChI is InChI=1S/C27H28N8O5/c1-4-39-23(15-34-27-32-13-16(28)14-33-27)25(29)26(36)35-24-6-5-17(7-9-31-24)40-20-8-10-30-19-12-22(38-3)21(37-2)11-18(19)20/h5-6,8-15,29H,4,7,28H2,1-3H3,(H,35,36)(H,32,33,34)/b23-15+,29-25?. The molecule has 4 rings (SSSR count). The van der Waals surface area contributed by atoms with E-state index in [1.165, 1.54) is 18.6 Å². The molecule has 0 saturated carbocycles. The third-order valence-electron chi connectivity index (χ3n) is 5.42. The fraction of sp³-hybridized carbons (Fsp3) is 0.185. The number of rotatable bonds is 11. The Morgan fingerprint density at radius 3 is 2.58 bits per heavy atom. The highest BCUT2D eigenvalue weighted by atomic mass is 16.5. The van der Waals surface area contributed by atoms with Crippen LogP contribution < -0.4 is 30.6 Å². The second-order valence-corrected chi connectivity index (χ2v) is 8.09. The van der Waals surface area contributed by atoms with Crippen LogP contribution in [0.2, 0.25) is 0 Å². The molecule has 2 aromatic heterocycles. The maximum atomic E-state index is 12.8. The van der Waals surface area contributed by atoms with Gasteiger partial charge in [-0.2, -0.15) is 0 Å². The Morgan fingerprint density at radius 1 is 1.10 bits per heavy atom. The monoisotopic (exact) mass is 544 g/mol. The largest absolute Gasteiger partial charge is 0.493 e. The van der Waals surface area contributed by atoms with Gasteiger partial charge >= 0.3 is 0 Å². The second-order valence-electron chi connectivity index (χ2n) is 8.09. The number of nitrogens with one attached hydrogen (secondary N) is 3. The van der Waals surface area contributed by atoms with Gasteiger partial charge in [-0.15, -0.1) is 0 Å². The molecule has 0 unspecified atom stereocenters. The number of ether oxygens (including phenoxy) is 4.